The molecule has 4 rings (SSSR count). The molecule has 0 aliphatic heterocycles. The Labute approximate surface area is 166 Å². The lowest BCUT2D eigenvalue weighted by Gasteiger charge is -2.07. The Kier molecular flexibility index (Phi) is 5.04. The average molecular weight is 389 g/mol. The van der Waals surface area contributed by atoms with Gasteiger partial charge in [0.05, 0.1) is 11.8 Å². The summed E-state index contributed by atoms with van der Waals surface area (Å²) in [6.07, 6.45) is 1.46. The fourth-order valence-corrected chi connectivity index (χ4v) is 3.98. The number of carbonyl (C=O) groups excluding carboxylic acids is 1. The molecule has 0 spiro atoms. The average Bonchev–Trinajstić information content (AvgIpc) is 3.15. The summed E-state index contributed by atoms with van der Waals surface area (Å²) in [6, 6.07) is 17.8. The quantitative estimate of drug-likeness (QED) is 0.565. The summed E-state index contributed by atoms with van der Waals surface area (Å²) in [6.45, 7) is 2.42. The van der Waals surface area contributed by atoms with Crippen LogP contribution >= 0.6 is 11.3 Å². The number of amides is 1. The van der Waals surface area contributed by atoms with Gasteiger partial charge < -0.3 is 5.32 Å². The van der Waals surface area contributed by atoms with E-state index in [2.05, 4.69) is 10.3 Å². The number of carbonyl (C=O) groups is 1. The lowest BCUT2D eigenvalue weighted by Crippen LogP contribution is -2.31. The fourth-order valence-electron chi connectivity index (χ4n) is 3.00. The van der Waals surface area contributed by atoms with Crippen molar-refractivity contribution in [1.82, 2.24) is 14.9 Å². The molecule has 0 aliphatic rings. The number of thiophene rings is 1. The van der Waals surface area contributed by atoms with Crippen molar-refractivity contribution in [2.75, 3.05) is 0 Å². The molecule has 2 aromatic carbocycles. The van der Waals surface area contributed by atoms with Gasteiger partial charge in [0, 0.05) is 17.5 Å². The summed E-state index contributed by atoms with van der Waals surface area (Å²) >= 11 is 1.36. The number of nitrogens with zero attached hydrogens (tertiary/aromatic N) is 2. The normalized spacial score (nSPS) is 10.9. The number of aromatic nitrogens is 2. The van der Waals surface area contributed by atoms with Gasteiger partial charge >= 0.3 is 0 Å². The molecule has 0 fully saturated rings. The van der Waals surface area contributed by atoms with Crippen LogP contribution in [0.2, 0.25) is 0 Å². The third kappa shape index (κ3) is 3.73. The first-order chi connectivity index (χ1) is 13.6. The lowest BCUT2D eigenvalue weighted by atomic mass is 10.1. The van der Waals surface area contributed by atoms with Crippen LogP contribution in [0, 0.1) is 6.92 Å². The highest BCUT2D eigenvalue weighted by Crippen LogP contribution is 2.30. The Balaban J connectivity index is 1.54. The number of hydrogen-bond donors (Lipinski definition) is 1. The van der Waals surface area contributed by atoms with E-state index in [1.165, 1.54) is 27.8 Å². The highest BCUT2D eigenvalue weighted by Gasteiger charge is 2.14. The minimum absolute atomic E-state index is 0.0492. The van der Waals surface area contributed by atoms with Crippen LogP contribution in [0.15, 0.2) is 71.1 Å². The molecule has 28 heavy (non-hydrogen) atoms. The molecule has 5 nitrogen and oxygen atoms in total. The largest absolute Gasteiger partial charge is 0.350 e. The molecular weight excluding hydrogens is 370 g/mol. The van der Waals surface area contributed by atoms with E-state index in [-0.39, 0.29) is 18.0 Å². The molecule has 4 aromatic rings. The SMILES string of the molecule is Cc1ccc(-c2csc3c(=O)n(CC(=O)NCc4ccccc4)cnc23)cc1. The third-order valence-electron chi connectivity index (χ3n) is 4.56. The van der Waals surface area contributed by atoms with Gasteiger partial charge in [-0.3, -0.25) is 14.2 Å². The first-order valence-corrected chi connectivity index (χ1v) is 9.84. The summed E-state index contributed by atoms with van der Waals surface area (Å²) in [5, 5.41) is 4.78. The molecular formula is C22H19N3O2S. The topological polar surface area (TPSA) is 64.0 Å². The zero-order chi connectivity index (χ0) is 19.5. The van der Waals surface area contributed by atoms with Gasteiger partial charge in [-0.15, -0.1) is 11.3 Å². The van der Waals surface area contributed by atoms with E-state index in [0.29, 0.717) is 16.8 Å². The van der Waals surface area contributed by atoms with Crippen molar-refractivity contribution in [3.63, 3.8) is 0 Å². The standard InChI is InChI=1S/C22H19N3O2S/c1-15-7-9-17(10-8-15)18-13-28-21-20(18)24-14-25(22(21)27)12-19(26)23-11-16-5-3-2-4-6-16/h2-10,13-14H,11-12H2,1H3,(H,23,26). The summed E-state index contributed by atoms with van der Waals surface area (Å²) in [5.41, 5.74) is 4.65. The van der Waals surface area contributed by atoms with Gasteiger partial charge in [0.25, 0.3) is 5.56 Å². The lowest BCUT2D eigenvalue weighted by molar-refractivity contribution is -0.121. The number of fused-ring (bicyclic) bond motifs is 1. The number of nitrogens with one attached hydrogen (secondary N) is 1. The third-order valence-corrected chi connectivity index (χ3v) is 5.51. The minimum atomic E-state index is -0.220. The van der Waals surface area contributed by atoms with Crippen LogP contribution in [0.1, 0.15) is 11.1 Å². The monoisotopic (exact) mass is 389 g/mol. The Morgan fingerprint density at radius 1 is 1.11 bits per heavy atom. The van der Waals surface area contributed by atoms with Crippen molar-refractivity contribution in [1.29, 1.82) is 0 Å². The smallest absolute Gasteiger partial charge is 0.271 e. The molecule has 6 heteroatoms. The summed E-state index contributed by atoms with van der Waals surface area (Å²) in [4.78, 5) is 29.5. The fraction of sp³-hybridized carbons (Fsp3) is 0.136. The van der Waals surface area contributed by atoms with E-state index in [0.717, 1.165) is 16.7 Å². The second kappa shape index (κ2) is 7.78. The van der Waals surface area contributed by atoms with Crippen molar-refractivity contribution in [3.8, 4) is 11.1 Å². The Morgan fingerprint density at radius 2 is 1.86 bits per heavy atom. The minimum Gasteiger partial charge on any atom is -0.350 e. The van der Waals surface area contributed by atoms with Crippen LogP contribution < -0.4 is 10.9 Å². The predicted molar refractivity (Wildman–Crippen MR) is 112 cm³/mol. The highest BCUT2D eigenvalue weighted by molar-refractivity contribution is 7.17. The van der Waals surface area contributed by atoms with Crippen molar-refractivity contribution in [2.24, 2.45) is 0 Å². The first kappa shape index (κ1) is 18.1. The zero-order valence-electron chi connectivity index (χ0n) is 15.4. The molecule has 0 saturated carbocycles. The van der Waals surface area contributed by atoms with Gasteiger partial charge in [-0.05, 0) is 18.1 Å². The summed E-state index contributed by atoms with van der Waals surface area (Å²) in [7, 11) is 0. The maximum absolute atomic E-state index is 12.8. The molecule has 0 saturated heterocycles. The van der Waals surface area contributed by atoms with Gasteiger partial charge in [0.2, 0.25) is 5.91 Å². The van der Waals surface area contributed by atoms with Gasteiger partial charge in [-0.25, -0.2) is 4.98 Å². The maximum atomic E-state index is 12.8. The number of aryl methyl sites for hydroxylation is 1. The zero-order valence-corrected chi connectivity index (χ0v) is 16.2. The predicted octanol–water partition coefficient (Wildman–Crippen LogP) is 3.75. The van der Waals surface area contributed by atoms with Crippen molar-refractivity contribution in [3.05, 3.63) is 87.8 Å². The number of benzene rings is 2. The van der Waals surface area contributed by atoms with Crippen LogP contribution in [0.3, 0.4) is 0 Å². The second-order valence-electron chi connectivity index (χ2n) is 6.63. The molecule has 0 unspecified atom stereocenters. The van der Waals surface area contributed by atoms with Gasteiger partial charge in [-0.2, -0.15) is 0 Å². The molecule has 2 heterocycles. The molecule has 0 aliphatic carbocycles. The van der Waals surface area contributed by atoms with E-state index in [1.807, 2.05) is 66.9 Å². The van der Waals surface area contributed by atoms with E-state index < -0.39 is 0 Å². The second-order valence-corrected chi connectivity index (χ2v) is 7.51. The van der Waals surface area contributed by atoms with Crippen LogP contribution in [0.5, 0.6) is 0 Å². The van der Waals surface area contributed by atoms with Crippen LogP contribution in [-0.2, 0) is 17.9 Å². The van der Waals surface area contributed by atoms with E-state index in [1.54, 1.807) is 0 Å². The highest BCUT2D eigenvalue weighted by atomic mass is 32.1. The molecule has 1 N–H and O–H groups in total. The first-order valence-electron chi connectivity index (χ1n) is 8.96. The van der Waals surface area contributed by atoms with Crippen LogP contribution in [0.25, 0.3) is 21.3 Å². The van der Waals surface area contributed by atoms with Gasteiger partial charge in [-0.1, -0.05) is 60.2 Å². The van der Waals surface area contributed by atoms with Crippen molar-refractivity contribution in [2.45, 2.75) is 20.0 Å². The molecule has 140 valence electrons. The Bertz CT molecular complexity index is 1180. The van der Waals surface area contributed by atoms with E-state index in [9.17, 15) is 9.59 Å². The summed E-state index contributed by atoms with van der Waals surface area (Å²) in [5.74, 6) is -0.220. The number of rotatable bonds is 5. The van der Waals surface area contributed by atoms with E-state index in [4.69, 9.17) is 0 Å². The molecule has 0 bridgehead atoms. The van der Waals surface area contributed by atoms with Crippen LogP contribution in [-0.4, -0.2) is 15.5 Å². The van der Waals surface area contributed by atoms with Crippen molar-refractivity contribution >= 4 is 27.5 Å². The van der Waals surface area contributed by atoms with Crippen molar-refractivity contribution < 1.29 is 4.79 Å². The number of hydrogen-bond acceptors (Lipinski definition) is 4. The molecule has 2 aromatic heterocycles. The van der Waals surface area contributed by atoms with Gasteiger partial charge in [0.1, 0.15) is 11.2 Å². The van der Waals surface area contributed by atoms with E-state index >= 15 is 0 Å². The Morgan fingerprint density at radius 3 is 2.61 bits per heavy atom. The summed E-state index contributed by atoms with van der Waals surface area (Å²) < 4.78 is 1.92. The molecule has 1 amide bonds. The van der Waals surface area contributed by atoms with Gasteiger partial charge in [0.15, 0.2) is 0 Å². The molecule has 0 atom stereocenters. The maximum Gasteiger partial charge on any atom is 0.271 e. The Hall–Kier alpha value is -3.25. The molecule has 0 radical (unpaired) electrons. The van der Waals surface area contributed by atoms with Crippen LogP contribution in [0.4, 0.5) is 0 Å².